The van der Waals surface area contributed by atoms with Crippen LogP contribution in [0.1, 0.15) is 31.1 Å². The van der Waals surface area contributed by atoms with Crippen molar-refractivity contribution in [3.63, 3.8) is 0 Å². The molecule has 2 aromatic carbocycles. The average Bonchev–Trinajstić information content (AvgIpc) is 2.36. The molecule has 0 atom stereocenters. The monoisotopic (exact) mass is 674 g/mol. The Morgan fingerprint density at radius 1 is 0.905 bits per heavy atom. The second-order valence-corrected chi connectivity index (χ2v) is 5.45. The molecule has 0 unspecified atom stereocenters. The first kappa shape index (κ1) is 20.6. The van der Waals surface area contributed by atoms with Crippen LogP contribution in [-0.4, -0.2) is 64.3 Å². The summed E-state index contributed by atoms with van der Waals surface area (Å²) in [5.41, 5.74) is -0.282. The summed E-state index contributed by atoms with van der Waals surface area (Å²) in [5.74, 6) is -1.12. The first-order valence-corrected chi connectivity index (χ1v) is 6.14. The zero-order valence-electron chi connectivity index (χ0n) is 12.2. The number of hydrogen-bond acceptors (Lipinski definition) is 3. The zero-order valence-corrected chi connectivity index (χ0v) is 19.1. The van der Waals surface area contributed by atoms with Crippen LogP contribution in [0.25, 0.3) is 10.8 Å². The third kappa shape index (κ3) is 5.07. The summed E-state index contributed by atoms with van der Waals surface area (Å²) >= 11 is 0. The molecule has 0 aliphatic carbocycles. The van der Waals surface area contributed by atoms with E-state index in [0.717, 1.165) is 10.8 Å². The molecule has 0 spiro atoms. The van der Waals surface area contributed by atoms with Crippen molar-refractivity contribution in [3.8, 4) is 0 Å². The van der Waals surface area contributed by atoms with Gasteiger partial charge in [-0.1, -0.05) is 36.4 Å². The minimum absolute atomic E-state index is 0. The number of carbonyl (C=O) groups excluding carboxylic acids is 2. The van der Waals surface area contributed by atoms with Gasteiger partial charge in [0.1, 0.15) is 0 Å². The Bertz CT molecular complexity index is 640. The molecule has 21 heavy (non-hydrogen) atoms. The van der Waals surface area contributed by atoms with Gasteiger partial charge in [-0.15, -0.1) is 0 Å². The Morgan fingerprint density at radius 3 is 2.10 bits per heavy atom. The van der Waals surface area contributed by atoms with E-state index in [1.807, 2.05) is 30.3 Å². The Kier molecular flexibility index (Phi) is 8.14. The summed E-state index contributed by atoms with van der Waals surface area (Å²) in [4.78, 5) is 23.8. The van der Waals surface area contributed by atoms with Crippen LogP contribution >= 0.6 is 0 Å². The van der Waals surface area contributed by atoms with Gasteiger partial charge in [0.15, 0.2) is 0 Å². The number of esters is 2. The molecule has 0 fully saturated rings. The number of rotatable bonds is 1. The van der Waals surface area contributed by atoms with Gasteiger partial charge in [0.2, 0.25) is 0 Å². The maximum atomic E-state index is 12.1. The van der Waals surface area contributed by atoms with Crippen molar-refractivity contribution < 1.29 is 14.3 Å². The number of fused-ring (bicyclic) bond motifs is 1. The molecule has 0 heterocycles. The fraction of sp³-hybridized carbons (Fsp3) is 0.250. The molecule has 6 radical (unpaired) electrons. The number of benzene rings is 2. The predicted octanol–water partition coefficient (Wildman–Crippen LogP) is 2.81. The van der Waals surface area contributed by atoms with E-state index in [0.29, 0.717) is 5.56 Å². The van der Waals surface area contributed by atoms with Crippen LogP contribution < -0.4 is 0 Å². The zero-order chi connectivity index (χ0) is 14.0. The van der Waals surface area contributed by atoms with Crippen molar-refractivity contribution in [2.24, 2.45) is 5.41 Å². The van der Waals surface area contributed by atoms with Crippen molar-refractivity contribution in [1.82, 2.24) is 0 Å². The second-order valence-electron chi connectivity index (χ2n) is 5.45. The van der Waals surface area contributed by atoms with Crippen LogP contribution in [-0.2, 0) is 9.53 Å². The number of carbonyl (C=O) groups is 2. The Labute approximate surface area is 162 Å². The summed E-state index contributed by atoms with van der Waals surface area (Å²) in [6.45, 7) is 5.14. The third-order valence-electron chi connectivity index (χ3n) is 2.81. The fourth-order valence-corrected chi connectivity index (χ4v) is 1.70. The summed E-state index contributed by atoms with van der Waals surface area (Å²) in [6.07, 6.45) is 0. The van der Waals surface area contributed by atoms with Gasteiger partial charge >= 0.3 is 11.9 Å². The van der Waals surface area contributed by atoms with Crippen LogP contribution in [0.15, 0.2) is 42.5 Å². The summed E-state index contributed by atoms with van der Waals surface area (Å²) in [5, 5.41) is 1.73. The van der Waals surface area contributed by atoms with E-state index in [2.05, 4.69) is 0 Å². The topological polar surface area (TPSA) is 43.4 Å². The molecule has 5 heteroatoms. The molecule has 0 bridgehead atoms. The minimum Gasteiger partial charge on any atom is -0.389 e. The largest absolute Gasteiger partial charge is 0.389 e. The maximum absolute atomic E-state index is 12.1. The predicted molar refractivity (Wildman–Crippen MR) is 85.3 cm³/mol. The second kappa shape index (κ2) is 8.29. The van der Waals surface area contributed by atoms with E-state index >= 15 is 0 Å². The van der Waals surface area contributed by atoms with Crippen LogP contribution in [0.3, 0.4) is 0 Å². The Balaban J connectivity index is 0.00000200. The Morgan fingerprint density at radius 2 is 1.48 bits per heavy atom. The van der Waals surface area contributed by atoms with E-state index < -0.39 is 17.4 Å². The molecular weight excluding hydrogens is 658 g/mol. The Hall–Kier alpha value is -0.394. The minimum atomic E-state index is -0.694. The summed E-state index contributed by atoms with van der Waals surface area (Å²) < 4.78 is 4.93. The van der Waals surface area contributed by atoms with E-state index in [9.17, 15) is 9.59 Å². The molecule has 0 saturated carbocycles. The van der Waals surface area contributed by atoms with Crippen molar-refractivity contribution in [1.29, 1.82) is 0 Å². The van der Waals surface area contributed by atoms with Crippen LogP contribution in [0.4, 0.5) is 0 Å². The van der Waals surface area contributed by atoms with Crippen LogP contribution in [0, 0.1) is 5.41 Å². The van der Waals surface area contributed by atoms with Gasteiger partial charge in [-0.05, 0) is 37.6 Å². The SMILES string of the molecule is CC(C)(C)C(=O)OC(=O)c1cccc2ccccc12.[Bi].[Bi]. The summed E-state index contributed by atoms with van der Waals surface area (Å²) in [6, 6.07) is 12.9. The van der Waals surface area contributed by atoms with Crippen molar-refractivity contribution in [3.05, 3.63) is 48.0 Å². The molecule has 0 aromatic heterocycles. The van der Waals surface area contributed by atoms with Crippen molar-refractivity contribution in [2.45, 2.75) is 20.8 Å². The third-order valence-corrected chi connectivity index (χ3v) is 2.81. The average molecular weight is 674 g/mol. The fourth-order valence-electron chi connectivity index (χ4n) is 1.70. The molecule has 3 nitrogen and oxygen atoms in total. The molecule has 2 rings (SSSR count). The van der Waals surface area contributed by atoms with Gasteiger partial charge in [0.25, 0.3) is 0 Å². The molecule has 0 amide bonds. The smallest absolute Gasteiger partial charge is 0.346 e. The van der Waals surface area contributed by atoms with Crippen molar-refractivity contribution in [2.75, 3.05) is 0 Å². The molecule has 108 valence electrons. The van der Waals surface area contributed by atoms with Crippen LogP contribution in [0.5, 0.6) is 0 Å². The van der Waals surface area contributed by atoms with E-state index in [1.165, 1.54) is 0 Å². The molecule has 2 aromatic rings. The van der Waals surface area contributed by atoms with Crippen molar-refractivity contribution >= 4 is 75.1 Å². The molecule has 0 aliphatic rings. The summed E-state index contributed by atoms with van der Waals surface area (Å²) in [7, 11) is 0. The van der Waals surface area contributed by atoms with Gasteiger partial charge in [0, 0.05) is 52.4 Å². The molecule has 0 aliphatic heterocycles. The van der Waals surface area contributed by atoms with E-state index in [4.69, 9.17) is 4.74 Å². The first-order valence-electron chi connectivity index (χ1n) is 6.14. The van der Waals surface area contributed by atoms with Gasteiger partial charge in [-0.2, -0.15) is 0 Å². The maximum Gasteiger partial charge on any atom is 0.346 e. The molecular formula is C16H16Bi2O3. The first-order chi connectivity index (χ1) is 8.89. The number of hydrogen-bond donors (Lipinski definition) is 0. The molecule has 0 saturated heterocycles. The normalized spacial score (nSPS) is 10.2. The standard InChI is InChI=1S/C16H16O3.2Bi/c1-16(2,3)15(18)19-14(17)13-10-6-8-11-7-4-5-9-12(11)13;;/h4-10H,1-3H3;;. The van der Waals surface area contributed by atoms with Gasteiger partial charge in [-0.3, -0.25) is 4.79 Å². The quantitative estimate of drug-likeness (QED) is 0.266. The molecule has 0 N–H and O–H groups in total. The van der Waals surface area contributed by atoms with Gasteiger partial charge < -0.3 is 4.74 Å². The van der Waals surface area contributed by atoms with Crippen LogP contribution in [0.2, 0.25) is 0 Å². The van der Waals surface area contributed by atoms with Gasteiger partial charge in [-0.25, -0.2) is 4.79 Å². The van der Waals surface area contributed by atoms with E-state index in [1.54, 1.807) is 32.9 Å². The number of ether oxygens (including phenoxy) is 1. The van der Waals surface area contributed by atoms with E-state index in [-0.39, 0.29) is 52.4 Å². The van der Waals surface area contributed by atoms with Gasteiger partial charge in [0.05, 0.1) is 11.0 Å².